The highest BCUT2D eigenvalue weighted by atomic mass is 32.2. The van der Waals surface area contributed by atoms with Gasteiger partial charge < -0.3 is 14.3 Å². The number of ether oxygens (including phenoxy) is 1. The van der Waals surface area contributed by atoms with E-state index >= 15 is 0 Å². The molecule has 0 amide bonds. The first-order valence-corrected chi connectivity index (χ1v) is 10.4. The van der Waals surface area contributed by atoms with E-state index in [9.17, 15) is 4.79 Å². The minimum atomic E-state index is -0.238. The number of fused-ring (bicyclic) bond motifs is 1. The highest BCUT2D eigenvalue weighted by Gasteiger charge is 2.19. The molecule has 2 aromatic carbocycles. The van der Waals surface area contributed by atoms with Crippen molar-refractivity contribution in [2.24, 2.45) is 0 Å². The number of nitrogens with one attached hydrogen (secondary N) is 1. The molecule has 0 aliphatic heterocycles. The fraction of sp³-hybridized carbons (Fsp3) is 0.238. The van der Waals surface area contributed by atoms with E-state index in [0.717, 1.165) is 23.3 Å². The molecule has 0 fully saturated rings. The quantitative estimate of drug-likeness (QED) is 0.467. The second kappa shape index (κ2) is 8.48. The number of rotatable bonds is 7. The van der Waals surface area contributed by atoms with Gasteiger partial charge in [-0.05, 0) is 38.1 Å². The SMILES string of the molecule is CCn1c(SCc2nc3ccccc3c(=O)[nH]2)nnc1[C@@H](C)Oc1ccccc1. The van der Waals surface area contributed by atoms with Crippen LogP contribution in [0.4, 0.5) is 0 Å². The van der Waals surface area contributed by atoms with Crippen molar-refractivity contribution >= 4 is 22.7 Å². The molecule has 148 valence electrons. The average Bonchev–Trinajstić information content (AvgIpc) is 3.16. The third-order valence-corrected chi connectivity index (χ3v) is 5.46. The number of hydrogen-bond acceptors (Lipinski definition) is 6. The largest absolute Gasteiger partial charge is 0.483 e. The molecule has 0 radical (unpaired) electrons. The number of para-hydroxylation sites is 2. The highest BCUT2D eigenvalue weighted by molar-refractivity contribution is 7.98. The minimum Gasteiger partial charge on any atom is -0.483 e. The van der Waals surface area contributed by atoms with Crippen molar-refractivity contribution in [1.29, 1.82) is 0 Å². The number of aromatic amines is 1. The van der Waals surface area contributed by atoms with Gasteiger partial charge in [-0.15, -0.1) is 10.2 Å². The number of nitrogens with zero attached hydrogens (tertiary/aromatic N) is 4. The molecule has 0 aliphatic rings. The Kier molecular flexibility index (Phi) is 5.62. The fourth-order valence-electron chi connectivity index (χ4n) is 3.10. The van der Waals surface area contributed by atoms with E-state index < -0.39 is 0 Å². The van der Waals surface area contributed by atoms with Crippen LogP contribution in [-0.2, 0) is 12.3 Å². The number of aromatic nitrogens is 5. The van der Waals surface area contributed by atoms with Crippen molar-refractivity contribution in [3.05, 3.63) is 76.6 Å². The molecule has 29 heavy (non-hydrogen) atoms. The molecule has 1 N–H and O–H groups in total. The van der Waals surface area contributed by atoms with Gasteiger partial charge in [0, 0.05) is 6.54 Å². The summed E-state index contributed by atoms with van der Waals surface area (Å²) in [6.07, 6.45) is -0.238. The summed E-state index contributed by atoms with van der Waals surface area (Å²) < 4.78 is 8.02. The normalized spacial score (nSPS) is 12.2. The van der Waals surface area contributed by atoms with E-state index in [4.69, 9.17) is 4.74 Å². The molecule has 7 nitrogen and oxygen atoms in total. The zero-order valence-corrected chi connectivity index (χ0v) is 17.0. The molecule has 0 bridgehead atoms. The molecule has 0 unspecified atom stereocenters. The van der Waals surface area contributed by atoms with Gasteiger partial charge in [-0.2, -0.15) is 0 Å². The van der Waals surface area contributed by atoms with Crippen LogP contribution in [0.15, 0.2) is 64.5 Å². The maximum atomic E-state index is 12.2. The maximum Gasteiger partial charge on any atom is 0.258 e. The number of H-pyrrole nitrogens is 1. The van der Waals surface area contributed by atoms with Crippen LogP contribution in [-0.4, -0.2) is 24.7 Å². The van der Waals surface area contributed by atoms with Crippen LogP contribution in [0.2, 0.25) is 0 Å². The van der Waals surface area contributed by atoms with Crippen LogP contribution in [0.1, 0.15) is 31.6 Å². The summed E-state index contributed by atoms with van der Waals surface area (Å²) in [6.45, 7) is 4.72. The molecular weight excluding hydrogens is 386 g/mol. The smallest absolute Gasteiger partial charge is 0.258 e. The summed E-state index contributed by atoms with van der Waals surface area (Å²) in [6, 6.07) is 17.0. The Morgan fingerprint density at radius 1 is 1.10 bits per heavy atom. The minimum absolute atomic E-state index is 0.131. The van der Waals surface area contributed by atoms with Gasteiger partial charge >= 0.3 is 0 Å². The second-order valence-electron chi connectivity index (χ2n) is 6.48. The zero-order chi connectivity index (χ0) is 20.2. The van der Waals surface area contributed by atoms with E-state index in [2.05, 4.69) is 20.2 Å². The molecule has 0 aliphatic carbocycles. The fourth-order valence-corrected chi connectivity index (χ4v) is 3.98. The molecule has 0 saturated heterocycles. The third-order valence-electron chi connectivity index (χ3n) is 4.48. The van der Waals surface area contributed by atoms with Crippen LogP contribution in [0.25, 0.3) is 10.9 Å². The summed E-state index contributed by atoms with van der Waals surface area (Å²) >= 11 is 1.49. The van der Waals surface area contributed by atoms with Crippen molar-refractivity contribution in [3.8, 4) is 5.75 Å². The van der Waals surface area contributed by atoms with Crippen molar-refractivity contribution in [1.82, 2.24) is 24.7 Å². The molecule has 2 aromatic heterocycles. The van der Waals surface area contributed by atoms with Crippen LogP contribution in [0, 0.1) is 0 Å². The van der Waals surface area contributed by atoms with Gasteiger partial charge in [0.15, 0.2) is 17.1 Å². The highest BCUT2D eigenvalue weighted by Crippen LogP contribution is 2.25. The lowest BCUT2D eigenvalue weighted by atomic mass is 10.2. The predicted molar refractivity (Wildman–Crippen MR) is 113 cm³/mol. The Morgan fingerprint density at radius 3 is 2.66 bits per heavy atom. The molecule has 4 aromatic rings. The molecule has 0 saturated carbocycles. The van der Waals surface area contributed by atoms with Gasteiger partial charge in [0.1, 0.15) is 11.6 Å². The molecule has 1 atom stereocenters. The van der Waals surface area contributed by atoms with Crippen LogP contribution in [0.5, 0.6) is 5.75 Å². The maximum absolute atomic E-state index is 12.2. The topological polar surface area (TPSA) is 85.7 Å². The molecule has 2 heterocycles. The number of thioether (sulfide) groups is 1. The second-order valence-corrected chi connectivity index (χ2v) is 7.42. The first-order valence-electron chi connectivity index (χ1n) is 9.41. The van der Waals surface area contributed by atoms with E-state index in [1.807, 2.05) is 66.9 Å². The molecule has 8 heteroatoms. The zero-order valence-electron chi connectivity index (χ0n) is 16.2. The van der Waals surface area contributed by atoms with Gasteiger partial charge in [-0.25, -0.2) is 4.98 Å². The lowest BCUT2D eigenvalue weighted by Crippen LogP contribution is -2.12. The van der Waals surface area contributed by atoms with Gasteiger partial charge in [-0.3, -0.25) is 4.79 Å². The number of benzene rings is 2. The lowest BCUT2D eigenvalue weighted by molar-refractivity contribution is 0.210. The molecular formula is C21H21N5O2S. The van der Waals surface area contributed by atoms with E-state index in [-0.39, 0.29) is 11.7 Å². The Bertz CT molecular complexity index is 1170. The van der Waals surface area contributed by atoms with E-state index in [1.165, 1.54) is 11.8 Å². The molecule has 0 spiro atoms. The van der Waals surface area contributed by atoms with Crippen molar-refractivity contribution < 1.29 is 4.74 Å². The predicted octanol–water partition coefficient (Wildman–Crippen LogP) is 3.97. The summed E-state index contributed by atoms with van der Waals surface area (Å²) in [5.41, 5.74) is 0.558. The Hall–Kier alpha value is -3.13. The number of hydrogen-bond donors (Lipinski definition) is 1. The lowest BCUT2D eigenvalue weighted by Gasteiger charge is -2.15. The van der Waals surface area contributed by atoms with E-state index in [0.29, 0.717) is 22.5 Å². The first-order chi connectivity index (χ1) is 14.2. The van der Waals surface area contributed by atoms with Crippen molar-refractivity contribution in [2.75, 3.05) is 0 Å². The Balaban J connectivity index is 1.52. The van der Waals surface area contributed by atoms with Gasteiger partial charge in [-0.1, -0.05) is 42.1 Å². The summed E-state index contributed by atoms with van der Waals surface area (Å²) in [5, 5.41) is 10.0. The summed E-state index contributed by atoms with van der Waals surface area (Å²) in [5.74, 6) is 2.66. The average molecular weight is 407 g/mol. The van der Waals surface area contributed by atoms with Crippen molar-refractivity contribution in [2.45, 2.75) is 37.4 Å². The van der Waals surface area contributed by atoms with Crippen LogP contribution >= 0.6 is 11.8 Å². The van der Waals surface area contributed by atoms with Gasteiger partial charge in [0.05, 0.1) is 16.7 Å². The van der Waals surface area contributed by atoms with Crippen LogP contribution < -0.4 is 10.3 Å². The first kappa shape index (κ1) is 19.2. The summed E-state index contributed by atoms with van der Waals surface area (Å²) in [4.78, 5) is 19.6. The van der Waals surface area contributed by atoms with Gasteiger partial charge in [0.2, 0.25) is 0 Å². The third kappa shape index (κ3) is 4.17. The monoisotopic (exact) mass is 407 g/mol. The Labute approximate surface area is 172 Å². The molecule has 4 rings (SSSR count). The van der Waals surface area contributed by atoms with Crippen LogP contribution in [0.3, 0.4) is 0 Å². The standard InChI is InChI=1S/C21H21N5O2S/c1-3-26-19(14(2)28-15-9-5-4-6-10-15)24-25-21(26)29-13-18-22-17-12-8-7-11-16(17)20(27)23-18/h4-12,14H,3,13H2,1-2H3,(H,22,23,27)/t14-/m1/s1. The van der Waals surface area contributed by atoms with Crippen molar-refractivity contribution in [3.63, 3.8) is 0 Å². The van der Waals surface area contributed by atoms with E-state index in [1.54, 1.807) is 6.07 Å². The van der Waals surface area contributed by atoms with Gasteiger partial charge in [0.25, 0.3) is 5.56 Å². The summed E-state index contributed by atoms with van der Waals surface area (Å²) in [7, 11) is 0. The Morgan fingerprint density at radius 2 is 1.86 bits per heavy atom.